The first kappa shape index (κ1) is 13.2. The lowest BCUT2D eigenvalue weighted by Gasteiger charge is -2.11. The first-order valence-electron chi connectivity index (χ1n) is 5.64. The highest BCUT2D eigenvalue weighted by molar-refractivity contribution is 7.80. The van der Waals surface area contributed by atoms with Crippen molar-refractivity contribution in [2.75, 3.05) is 0 Å². The summed E-state index contributed by atoms with van der Waals surface area (Å²) in [7, 11) is 0. The largest absolute Gasteiger partial charge is 0.389 e. The predicted molar refractivity (Wildman–Crippen MR) is 74.6 cm³/mol. The Morgan fingerprint density at radius 3 is 2.53 bits per heavy atom. The topological polar surface area (TPSA) is 96.7 Å². The fourth-order valence-corrected chi connectivity index (χ4v) is 1.69. The van der Waals surface area contributed by atoms with Crippen molar-refractivity contribution in [3.63, 3.8) is 0 Å². The van der Waals surface area contributed by atoms with E-state index in [1.165, 1.54) is 6.33 Å². The van der Waals surface area contributed by atoms with E-state index in [2.05, 4.69) is 20.5 Å². The maximum Gasteiger partial charge on any atom is 0.251 e. The van der Waals surface area contributed by atoms with Gasteiger partial charge in [-0.15, -0.1) is 0 Å². The zero-order valence-corrected chi connectivity index (χ0v) is 11.1. The number of benzene rings is 1. The average molecular weight is 275 g/mol. The van der Waals surface area contributed by atoms with E-state index in [0.717, 1.165) is 5.56 Å². The molecule has 0 aliphatic carbocycles. The number of rotatable bonds is 4. The molecular weight excluding hydrogens is 262 g/mol. The molecule has 1 aromatic carbocycles. The Kier molecular flexibility index (Phi) is 3.86. The molecule has 1 aromatic heterocycles. The molecule has 1 amide bonds. The quantitative estimate of drug-likeness (QED) is 0.721. The van der Waals surface area contributed by atoms with Crippen LogP contribution in [0.2, 0.25) is 0 Å². The fraction of sp³-hybridized carbons (Fsp3) is 0.167. The second kappa shape index (κ2) is 5.57. The minimum absolute atomic E-state index is 0.196. The van der Waals surface area contributed by atoms with Crippen molar-refractivity contribution in [2.45, 2.75) is 13.0 Å². The van der Waals surface area contributed by atoms with Crippen molar-refractivity contribution >= 4 is 23.1 Å². The van der Waals surface area contributed by atoms with Crippen LogP contribution >= 0.6 is 12.2 Å². The number of hydrogen-bond acceptors (Lipinski definition) is 4. The predicted octanol–water partition coefficient (Wildman–Crippen LogP) is 0.930. The van der Waals surface area contributed by atoms with Crippen molar-refractivity contribution in [2.24, 2.45) is 5.73 Å². The molecule has 0 aliphatic heterocycles. The third-order valence-electron chi connectivity index (χ3n) is 2.62. The van der Waals surface area contributed by atoms with E-state index in [1.54, 1.807) is 24.3 Å². The number of nitrogens with one attached hydrogen (secondary N) is 2. The maximum atomic E-state index is 12.0. The Balaban J connectivity index is 2.05. The number of aromatic amines is 1. The van der Waals surface area contributed by atoms with Crippen LogP contribution in [0.5, 0.6) is 0 Å². The highest BCUT2D eigenvalue weighted by Gasteiger charge is 2.13. The molecule has 1 heterocycles. The van der Waals surface area contributed by atoms with Crippen molar-refractivity contribution in [1.82, 2.24) is 20.5 Å². The number of carbonyl (C=O) groups is 1. The van der Waals surface area contributed by atoms with E-state index in [-0.39, 0.29) is 11.9 Å². The lowest BCUT2D eigenvalue weighted by molar-refractivity contribution is 0.0938. The van der Waals surface area contributed by atoms with Gasteiger partial charge in [0.1, 0.15) is 17.1 Å². The van der Waals surface area contributed by atoms with Crippen LogP contribution in [0.25, 0.3) is 0 Å². The summed E-state index contributed by atoms with van der Waals surface area (Å²) in [5.74, 6) is 0.409. The number of thiocarbonyl (C=S) groups is 1. The van der Waals surface area contributed by atoms with Gasteiger partial charge in [0.2, 0.25) is 0 Å². The van der Waals surface area contributed by atoms with Gasteiger partial charge >= 0.3 is 0 Å². The Labute approximate surface area is 115 Å². The lowest BCUT2D eigenvalue weighted by Crippen LogP contribution is -2.27. The monoisotopic (exact) mass is 275 g/mol. The van der Waals surface area contributed by atoms with Crippen molar-refractivity contribution in [1.29, 1.82) is 0 Å². The van der Waals surface area contributed by atoms with Crippen LogP contribution in [0.15, 0.2) is 30.6 Å². The highest BCUT2D eigenvalue weighted by atomic mass is 32.1. The smallest absolute Gasteiger partial charge is 0.251 e. The standard InChI is InChI=1S/C12H13N5OS/c1-7(11-14-6-15-17-11)16-12(18)9-4-2-8(3-5-9)10(13)19/h2-7H,1H3,(H2,13,19)(H,16,18)(H,14,15,17). The van der Waals surface area contributed by atoms with Crippen LogP contribution < -0.4 is 11.1 Å². The van der Waals surface area contributed by atoms with Gasteiger partial charge in [0.15, 0.2) is 0 Å². The molecule has 1 unspecified atom stereocenters. The van der Waals surface area contributed by atoms with E-state index in [4.69, 9.17) is 18.0 Å². The van der Waals surface area contributed by atoms with Gasteiger partial charge in [0, 0.05) is 11.1 Å². The molecule has 0 aliphatic rings. The van der Waals surface area contributed by atoms with Gasteiger partial charge < -0.3 is 11.1 Å². The number of carbonyl (C=O) groups excluding carboxylic acids is 1. The SMILES string of the molecule is CC(NC(=O)c1ccc(C(N)=S)cc1)c1ncn[nH]1. The number of nitrogens with two attached hydrogens (primary N) is 1. The molecule has 19 heavy (non-hydrogen) atoms. The molecule has 4 N–H and O–H groups in total. The third-order valence-corrected chi connectivity index (χ3v) is 2.86. The molecule has 0 saturated heterocycles. The highest BCUT2D eigenvalue weighted by Crippen LogP contribution is 2.08. The minimum Gasteiger partial charge on any atom is -0.389 e. The Morgan fingerprint density at radius 1 is 1.37 bits per heavy atom. The van der Waals surface area contributed by atoms with E-state index >= 15 is 0 Å². The Morgan fingerprint density at radius 2 is 2.00 bits per heavy atom. The second-order valence-corrected chi connectivity index (χ2v) is 4.45. The molecule has 2 aromatic rings. The Hall–Kier alpha value is -2.28. The van der Waals surface area contributed by atoms with Crippen LogP contribution in [0.4, 0.5) is 0 Å². The minimum atomic E-state index is -0.245. The fourth-order valence-electron chi connectivity index (χ4n) is 1.56. The summed E-state index contributed by atoms with van der Waals surface area (Å²) in [5.41, 5.74) is 6.76. The first-order chi connectivity index (χ1) is 9.08. The number of nitrogens with zero attached hydrogens (tertiary/aromatic N) is 2. The first-order valence-corrected chi connectivity index (χ1v) is 6.04. The molecule has 1 atom stereocenters. The van der Waals surface area contributed by atoms with Gasteiger partial charge in [-0.1, -0.05) is 24.4 Å². The average Bonchev–Trinajstić information content (AvgIpc) is 2.92. The van der Waals surface area contributed by atoms with Crippen LogP contribution in [-0.4, -0.2) is 26.1 Å². The third kappa shape index (κ3) is 3.14. The molecule has 0 saturated carbocycles. The van der Waals surface area contributed by atoms with Gasteiger partial charge in [-0.2, -0.15) is 5.10 Å². The van der Waals surface area contributed by atoms with E-state index < -0.39 is 0 Å². The number of H-pyrrole nitrogens is 1. The zero-order chi connectivity index (χ0) is 13.8. The van der Waals surface area contributed by atoms with Crippen LogP contribution in [0.3, 0.4) is 0 Å². The molecule has 0 radical (unpaired) electrons. The number of hydrogen-bond donors (Lipinski definition) is 3. The van der Waals surface area contributed by atoms with Gasteiger partial charge in [-0.05, 0) is 19.1 Å². The Bertz CT molecular complexity index is 579. The molecule has 2 rings (SSSR count). The van der Waals surface area contributed by atoms with Crippen LogP contribution in [0.1, 0.15) is 34.7 Å². The molecule has 0 fully saturated rings. The second-order valence-electron chi connectivity index (χ2n) is 4.01. The van der Waals surface area contributed by atoms with Gasteiger partial charge in [0.05, 0.1) is 6.04 Å². The van der Waals surface area contributed by atoms with E-state index in [0.29, 0.717) is 16.4 Å². The summed E-state index contributed by atoms with van der Waals surface area (Å²) >= 11 is 4.85. The van der Waals surface area contributed by atoms with E-state index in [1.807, 2.05) is 6.92 Å². The normalized spacial score (nSPS) is 11.8. The molecule has 6 nitrogen and oxygen atoms in total. The van der Waals surface area contributed by atoms with E-state index in [9.17, 15) is 4.79 Å². The number of amides is 1. The summed E-state index contributed by atoms with van der Waals surface area (Å²) < 4.78 is 0. The molecule has 7 heteroatoms. The van der Waals surface area contributed by atoms with Crippen molar-refractivity contribution in [3.05, 3.63) is 47.5 Å². The van der Waals surface area contributed by atoms with Crippen molar-refractivity contribution in [3.8, 4) is 0 Å². The molecule has 0 bridgehead atoms. The molecule has 98 valence electrons. The van der Waals surface area contributed by atoms with Gasteiger partial charge in [-0.3, -0.25) is 9.89 Å². The van der Waals surface area contributed by atoms with Crippen molar-refractivity contribution < 1.29 is 4.79 Å². The summed E-state index contributed by atoms with van der Waals surface area (Å²) in [6.45, 7) is 1.82. The lowest BCUT2D eigenvalue weighted by atomic mass is 10.1. The van der Waals surface area contributed by atoms with Crippen LogP contribution in [0, 0.1) is 0 Å². The summed E-state index contributed by atoms with van der Waals surface area (Å²) in [4.78, 5) is 16.3. The summed E-state index contributed by atoms with van der Waals surface area (Å²) in [5, 5.41) is 9.26. The van der Waals surface area contributed by atoms with Gasteiger partial charge in [-0.25, -0.2) is 4.98 Å². The molecule has 0 spiro atoms. The zero-order valence-electron chi connectivity index (χ0n) is 10.3. The van der Waals surface area contributed by atoms with Crippen LogP contribution in [-0.2, 0) is 0 Å². The summed E-state index contributed by atoms with van der Waals surface area (Å²) in [6.07, 6.45) is 1.40. The maximum absolute atomic E-state index is 12.0. The summed E-state index contributed by atoms with van der Waals surface area (Å²) in [6, 6.07) is 6.55. The number of aromatic nitrogens is 3. The molecular formula is C12H13N5OS. The van der Waals surface area contributed by atoms with Gasteiger partial charge in [0.25, 0.3) is 5.91 Å².